The molecule has 1 aliphatic heterocycles. The normalized spacial score (nSPS) is 18.5. The van der Waals surface area contributed by atoms with Gasteiger partial charge in [-0.25, -0.2) is 0 Å². The number of rotatable bonds is 7. The fourth-order valence-electron chi connectivity index (χ4n) is 2.32. The van der Waals surface area contributed by atoms with Crippen LogP contribution < -0.4 is 5.32 Å². The number of likely N-dealkylation sites (N-methyl/N-ethyl adjacent to an activating group) is 1. The number of amides is 1. The first-order valence-corrected chi connectivity index (χ1v) is 7.27. The zero-order chi connectivity index (χ0) is 14.3. The number of aliphatic hydroxyl groups excluding tert-OH is 1. The third-order valence-corrected chi connectivity index (χ3v) is 3.89. The predicted octanol–water partition coefficient (Wildman–Crippen LogP) is 0.291. The lowest BCUT2D eigenvalue weighted by atomic mass is 10.0. The Labute approximate surface area is 117 Å². The molecular formula is C14H29N3O2. The molecule has 5 nitrogen and oxygen atoms in total. The smallest absolute Gasteiger partial charge is 0.220 e. The van der Waals surface area contributed by atoms with Crippen molar-refractivity contribution in [1.82, 2.24) is 15.1 Å². The van der Waals surface area contributed by atoms with Crippen LogP contribution in [-0.2, 0) is 4.79 Å². The van der Waals surface area contributed by atoms with Gasteiger partial charge in [0.1, 0.15) is 0 Å². The number of hydrogen-bond donors (Lipinski definition) is 2. The fourth-order valence-corrected chi connectivity index (χ4v) is 2.32. The van der Waals surface area contributed by atoms with Crippen molar-refractivity contribution < 1.29 is 9.90 Å². The molecule has 0 radical (unpaired) electrons. The van der Waals surface area contributed by atoms with Gasteiger partial charge in [0.15, 0.2) is 0 Å². The Bertz CT molecular complexity index is 274. The number of carbonyl (C=O) groups is 1. The van der Waals surface area contributed by atoms with E-state index >= 15 is 0 Å². The van der Waals surface area contributed by atoms with Gasteiger partial charge < -0.3 is 15.3 Å². The van der Waals surface area contributed by atoms with E-state index < -0.39 is 0 Å². The molecule has 0 bridgehead atoms. The maximum Gasteiger partial charge on any atom is 0.220 e. The number of piperazine rings is 1. The summed E-state index contributed by atoms with van der Waals surface area (Å²) >= 11 is 0. The lowest BCUT2D eigenvalue weighted by molar-refractivity contribution is -0.121. The Morgan fingerprint density at radius 1 is 1.21 bits per heavy atom. The highest BCUT2D eigenvalue weighted by molar-refractivity contribution is 5.75. The minimum absolute atomic E-state index is 0.00784. The Morgan fingerprint density at radius 3 is 2.42 bits per heavy atom. The van der Waals surface area contributed by atoms with Crippen LogP contribution in [0.25, 0.3) is 0 Å². The summed E-state index contributed by atoms with van der Waals surface area (Å²) in [5.41, 5.74) is 0.00784. The fraction of sp³-hybridized carbons (Fsp3) is 0.929. The summed E-state index contributed by atoms with van der Waals surface area (Å²) in [7, 11) is 2.15. The van der Waals surface area contributed by atoms with Gasteiger partial charge in [0, 0.05) is 51.3 Å². The monoisotopic (exact) mass is 271 g/mol. The molecule has 2 N–H and O–H groups in total. The van der Waals surface area contributed by atoms with Crippen molar-refractivity contribution in [2.75, 3.05) is 46.4 Å². The van der Waals surface area contributed by atoms with Gasteiger partial charge in [-0.2, -0.15) is 0 Å². The van der Waals surface area contributed by atoms with Crippen LogP contribution in [0.15, 0.2) is 0 Å². The second-order valence-corrected chi connectivity index (χ2v) is 6.06. The number of carbonyl (C=O) groups excluding carboxylic acids is 1. The topological polar surface area (TPSA) is 55.8 Å². The molecule has 5 heteroatoms. The first-order chi connectivity index (χ1) is 8.95. The van der Waals surface area contributed by atoms with E-state index in [2.05, 4.69) is 36.0 Å². The molecule has 1 aliphatic rings. The van der Waals surface area contributed by atoms with Crippen molar-refractivity contribution in [1.29, 1.82) is 0 Å². The van der Waals surface area contributed by atoms with Gasteiger partial charge in [-0.3, -0.25) is 9.69 Å². The van der Waals surface area contributed by atoms with Crippen molar-refractivity contribution in [3.63, 3.8) is 0 Å². The van der Waals surface area contributed by atoms with Crippen LogP contribution in [-0.4, -0.2) is 72.7 Å². The van der Waals surface area contributed by atoms with E-state index in [1.165, 1.54) is 0 Å². The third-order valence-electron chi connectivity index (χ3n) is 3.89. The van der Waals surface area contributed by atoms with Crippen molar-refractivity contribution in [2.24, 2.45) is 0 Å². The predicted molar refractivity (Wildman–Crippen MR) is 77.1 cm³/mol. The molecule has 1 fully saturated rings. The lowest BCUT2D eigenvalue weighted by Gasteiger charge is -2.43. The Kier molecular flexibility index (Phi) is 6.75. The summed E-state index contributed by atoms with van der Waals surface area (Å²) in [4.78, 5) is 16.5. The van der Waals surface area contributed by atoms with Crippen LogP contribution in [0.5, 0.6) is 0 Å². The second kappa shape index (κ2) is 7.82. The summed E-state index contributed by atoms with van der Waals surface area (Å²) in [6.45, 7) is 9.53. The van der Waals surface area contributed by atoms with Gasteiger partial charge in [0.05, 0.1) is 0 Å². The van der Waals surface area contributed by atoms with Gasteiger partial charge in [-0.05, 0) is 33.7 Å². The van der Waals surface area contributed by atoms with Crippen LogP contribution in [0, 0.1) is 0 Å². The molecule has 0 unspecified atom stereocenters. The number of hydrogen-bond acceptors (Lipinski definition) is 4. The van der Waals surface area contributed by atoms with Crippen molar-refractivity contribution in [3.8, 4) is 0 Å². The van der Waals surface area contributed by atoms with E-state index in [4.69, 9.17) is 5.11 Å². The summed E-state index contributed by atoms with van der Waals surface area (Å²) in [5.74, 6) is 0.0932. The molecule has 0 saturated carbocycles. The lowest BCUT2D eigenvalue weighted by Crippen LogP contribution is -2.57. The molecule has 19 heavy (non-hydrogen) atoms. The van der Waals surface area contributed by atoms with E-state index in [1.54, 1.807) is 0 Å². The van der Waals surface area contributed by atoms with Crippen LogP contribution in [0.1, 0.15) is 33.1 Å². The molecule has 1 rings (SSSR count). The second-order valence-electron chi connectivity index (χ2n) is 6.06. The van der Waals surface area contributed by atoms with Crippen molar-refractivity contribution >= 4 is 5.91 Å². The highest BCUT2D eigenvalue weighted by Crippen LogP contribution is 2.15. The van der Waals surface area contributed by atoms with Crippen molar-refractivity contribution in [2.45, 2.75) is 38.6 Å². The van der Waals surface area contributed by atoms with E-state index in [9.17, 15) is 4.79 Å². The molecule has 0 atom stereocenters. The number of unbranched alkanes of at least 4 members (excludes halogenated alkanes) is 1. The Balaban J connectivity index is 2.27. The maximum atomic E-state index is 11.7. The van der Waals surface area contributed by atoms with E-state index in [0.717, 1.165) is 32.6 Å². The SMILES string of the molecule is CN1CCN(C(C)(C)CNC(=O)CCCCO)CC1. The highest BCUT2D eigenvalue weighted by atomic mass is 16.3. The zero-order valence-corrected chi connectivity index (χ0v) is 12.6. The Hall–Kier alpha value is -0.650. The minimum atomic E-state index is 0.00784. The molecule has 1 heterocycles. The molecule has 0 spiro atoms. The van der Waals surface area contributed by atoms with Gasteiger partial charge in [-0.1, -0.05) is 0 Å². The third kappa shape index (κ3) is 5.89. The minimum Gasteiger partial charge on any atom is -0.396 e. The molecule has 0 aromatic rings. The Morgan fingerprint density at radius 2 is 1.84 bits per heavy atom. The number of nitrogens with zero attached hydrogens (tertiary/aromatic N) is 2. The molecular weight excluding hydrogens is 242 g/mol. The highest BCUT2D eigenvalue weighted by Gasteiger charge is 2.29. The summed E-state index contributed by atoms with van der Waals surface area (Å²) in [5, 5.41) is 11.7. The van der Waals surface area contributed by atoms with Gasteiger partial charge in [0.2, 0.25) is 5.91 Å². The quantitative estimate of drug-likeness (QED) is 0.654. The first-order valence-electron chi connectivity index (χ1n) is 7.27. The van der Waals surface area contributed by atoms with Gasteiger partial charge in [-0.15, -0.1) is 0 Å². The van der Waals surface area contributed by atoms with Crippen LogP contribution in [0.2, 0.25) is 0 Å². The molecule has 112 valence electrons. The average molecular weight is 271 g/mol. The number of nitrogens with one attached hydrogen (secondary N) is 1. The van der Waals surface area contributed by atoms with Crippen LogP contribution in [0.3, 0.4) is 0 Å². The molecule has 0 aliphatic carbocycles. The molecule has 1 saturated heterocycles. The number of aliphatic hydroxyl groups is 1. The maximum absolute atomic E-state index is 11.7. The van der Waals surface area contributed by atoms with Crippen LogP contribution >= 0.6 is 0 Å². The standard InChI is InChI=1S/C14H29N3O2/c1-14(2,17-9-7-16(3)8-10-17)12-15-13(19)6-4-5-11-18/h18H,4-12H2,1-3H3,(H,15,19). The molecule has 0 aromatic carbocycles. The summed E-state index contributed by atoms with van der Waals surface area (Å²) < 4.78 is 0. The molecule has 0 aromatic heterocycles. The zero-order valence-electron chi connectivity index (χ0n) is 12.6. The summed E-state index contributed by atoms with van der Waals surface area (Å²) in [6, 6.07) is 0. The summed E-state index contributed by atoms with van der Waals surface area (Å²) in [6.07, 6.45) is 1.98. The van der Waals surface area contributed by atoms with E-state index in [1.807, 2.05) is 0 Å². The van der Waals surface area contributed by atoms with Crippen molar-refractivity contribution in [3.05, 3.63) is 0 Å². The van der Waals surface area contributed by atoms with E-state index in [0.29, 0.717) is 19.4 Å². The van der Waals surface area contributed by atoms with E-state index in [-0.39, 0.29) is 18.1 Å². The van der Waals surface area contributed by atoms with Gasteiger partial charge in [0.25, 0.3) is 0 Å². The first kappa shape index (κ1) is 16.4. The average Bonchev–Trinajstić information content (AvgIpc) is 2.37. The van der Waals surface area contributed by atoms with Gasteiger partial charge >= 0.3 is 0 Å². The largest absolute Gasteiger partial charge is 0.396 e. The van der Waals surface area contributed by atoms with Crippen LogP contribution in [0.4, 0.5) is 0 Å². The molecule has 1 amide bonds.